The summed E-state index contributed by atoms with van der Waals surface area (Å²) >= 11 is 0. The molecule has 0 bridgehead atoms. The number of hydrogen-bond donors (Lipinski definition) is 0. The second-order valence-electron chi connectivity index (χ2n) is 7.49. The molecule has 2 saturated heterocycles. The molecule has 3 heterocycles. The zero-order valence-electron chi connectivity index (χ0n) is 16.2. The molecule has 0 N–H and O–H groups in total. The molecule has 1 aromatic heterocycles. The second-order valence-corrected chi connectivity index (χ2v) is 7.49. The molecule has 0 spiro atoms. The molecule has 2 aliphatic rings. The largest absolute Gasteiger partial charge is 0.360 e. The van der Waals surface area contributed by atoms with Gasteiger partial charge in [-0.2, -0.15) is 0 Å². The van der Waals surface area contributed by atoms with Crippen LogP contribution in [0.1, 0.15) is 29.5 Å². The number of aryl methyl sites for hydroxylation is 1. The fourth-order valence-corrected chi connectivity index (χ4v) is 4.24. The molecule has 1 amide bonds. The molecule has 1 aromatic carbocycles. The van der Waals surface area contributed by atoms with Gasteiger partial charge >= 0.3 is 0 Å². The molecule has 2 aromatic rings. The molecule has 4 rings (SSSR count). The van der Waals surface area contributed by atoms with E-state index in [9.17, 15) is 4.79 Å². The van der Waals surface area contributed by atoms with Crippen LogP contribution in [0.4, 0.5) is 0 Å². The molecule has 0 aliphatic carbocycles. The van der Waals surface area contributed by atoms with Gasteiger partial charge in [-0.25, -0.2) is 0 Å². The number of nitrogens with zero attached hydrogens (tertiary/aromatic N) is 4. The molecule has 2 fully saturated rings. The van der Waals surface area contributed by atoms with E-state index in [1.54, 1.807) is 0 Å². The van der Waals surface area contributed by atoms with E-state index in [2.05, 4.69) is 21.9 Å². The summed E-state index contributed by atoms with van der Waals surface area (Å²) in [5.74, 6) is 0.640. The number of carbonyl (C=O) groups excluding carboxylic acids is 1. The first kappa shape index (κ1) is 18.2. The van der Waals surface area contributed by atoms with Gasteiger partial charge in [0.2, 0.25) is 0 Å². The molecule has 2 aliphatic heterocycles. The van der Waals surface area contributed by atoms with Gasteiger partial charge < -0.3 is 14.3 Å². The van der Waals surface area contributed by atoms with E-state index in [4.69, 9.17) is 4.52 Å². The monoisotopic (exact) mass is 368 g/mol. The molecule has 6 heteroatoms. The van der Waals surface area contributed by atoms with Crippen molar-refractivity contribution >= 4 is 5.91 Å². The second kappa shape index (κ2) is 7.82. The van der Waals surface area contributed by atoms with E-state index in [1.165, 1.54) is 0 Å². The van der Waals surface area contributed by atoms with Crippen molar-refractivity contribution in [3.8, 4) is 11.3 Å². The third kappa shape index (κ3) is 3.64. The van der Waals surface area contributed by atoms with Crippen LogP contribution in [-0.4, -0.2) is 77.6 Å². The molecule has 6 nitrogen and oxygen atoms in total. The van der Waals surface area contributed by atoms with Crippen LogP contribution in [0.3, 0.4) is 0 Å². The molecule has 1 unspecified atom stereocenters. The summed E-state index contributed by atoms with van der Waals surface area (Å²) in [6.07, 6.45) is 1.04. The van der Waals surface area contributed by atoms with Crippen LogP contribution in [0.5, 0.6) is 0 Å². The highest BCUT2D eigenvalue weighted by Crippen LogP contribution is 2.28. The van der Waals surface area contributed by atoms with Crippen LogP contribution in [-0.2, 0) is 0 Å². The van der Waals surface area contributed by atoms with Crippen LogP contribution in [0.25, 0.3) is 11.3 Å². The maximum Gasteiger partial charge on any atom is 0.259 e. The Bertz CT molecular complexity index is 781. The van der Waals surface area contributed by atoms with E-state index < -0.39 is 0 Å². The van der Waals surface area contributed by atoms with Crippen molar-refractivity contribution in [3.05, 3.63) is 41.7 Å². The minimum atomic E-state index is 0.0438. The van der Waals surface area contributed by atoms with E-state index in [0.717, 1.165) is 57.8 Å². The van der Waals surface area contributed by atoms with Crippen LogP contribution in [0.15, 0.2) is 34.9 Å². The number of hydrogen-bond acceptors (Lipinski definition) is 5. The van der Waals surface area contributed by atoms with Gasteiger partial charge in [0.25, 0.3) is 5.91 Å². The highest BCUT2D eigenvalue weighted by atomic mass is 16.5. The summed E-state index contributed by atoms with van der Waals surface area (Å²) in [7, 11) is 0. The van der Waals surface area contributed by atoms with E-state index >= 15 is 0 Å². The van der Waals surface area contributed by atoms with Crippen LogP contribution in [0, 0.1) is 6.92 Å². The molecular weight excluding hydrogens is 340 g/mol. The smallest absolute Gasteiger partial charge is 0.259 e. The lowest BCUT2D eigenvalue weighted by Gasteiger charge is -2.37. The minimum Gasteiger partial charge on any atom is -0.360 e. The number of carbonyl (C=O) groups is 1. The lowest BCUT2D eigenvalue weighted by molar-refractivity contribution is 0.0744. The Morgan fingerprint density at radius 3 is 2.59 bits per heavy atom. The van der Waals surface area contributed by atoms with Gasteiger partial charge in [-0.15, -0.1) is 0 Å². The van der Waals surface area contributed by atoms with Crippen molar-refractivity contribution in [1.82, 2.24) is 19.9 Å². The van der Waals surface area contributed by atoms with Crippen LogP contribution >= 0.6 is 0 Å². The first-order chi connectivity index (χ1) is 13.2. The molecular formula is C21H28N4O2. The minimum absolute atomic E-state index is 0.0438. The topological polar surface area (TPSA) is 52.8 Å². The summed E-state index contributed by atoms with van der Waals surface area (Å²) in [6.45, 7) is 11.2. The van der Waals surface area contributed by atoms with Crippen molar-refractivity contribution < 1.29 is 9.32 Å². The third-order valence-electron chi connectivity index (χ3n) is 5.94. The average Bonchev–Trinajstić information content (AvgIpc) is 3.35. The molecule has 0 saturated carbocycles. The summed E-state index contributed by atoms with van der Waals surface area (Å²) in [5.41, 5.74) is 2.18. The molecule has 0 radical (unpaired) electrons. The number of aromatic nitrogens is 1. The maximum absolute atomic E-state index is 13.2. The maximum atomic E-state index is 13.2. The van der Waals surface area contributed by atoms with Crippen molar-refractivity contribution in [2.24, 2.45) is 0 Å². The number of amides is 1. The standard InChI is InChI=1S/C21H28N4O2/c1-3-23-11-13-24(14-12-23)18-9-10-25(15-18)21(26)19-16(2)27-22-20(19)17-7-5-4-6-8-17/h4-8,18H,3,9-15H2,1-2H3. The predicted octanol–water partition coefficient (Wildman–Crippen LogP) is 2.50. The Hall–Kier alpha value is -2.18. The Labute approximate surface area is 160 Å². The molecule has 144 valence electrons. The van der Waals surface area contributed by atoms with E-state index in [0.29, 0.717) is 23.1 Å². The first-order valence-corrected chi connectivity index (χ1v) is 9.94. The van der Waals surface area contributed by atoms with Crippen molar-refractivity contribution in [2.45, 2.75) is 26.3 Å². The lowest BCUT2D eigenvalue weighted by Crippen LogP contribution is -2.51. The van der Waals surface area contributed by atoms with E-state index in [1.807, 2.05) is 42.2 Å². The highest BCUT2D eigenvalue weighted by molar-refractivity contribution is 6.00. The molecule has 27 heavy (non-hydrogen) atoms. The number of benzene rings is 1. The van der Waals surface area contributed by atoms with Crippen LogP contribution < -0.4 is 0 Å². The third-order valence-corrected chi connectivity index (χ3v) is 5.94. The van der Waals surface area contributed by atoms with Gasteiger partial charge in [0.05, 0.1) is 0 Å². The van der Waals surface area contributed by atoms with Gasteiger partial charge in [0.1, 0.15) is 17.0 Å². The zero-order chi connectivity index (χ0) is 18.8. The number of piperazine rings is 1. The molecule has 1 atom stereocenters. The number of likely N-dealkylation sites (tertiary alicyclic amines) is 1. The fraction of sp³-hybridized carbons (Fsp3) is 0.524. The van der Waals surface area contributed by atoms with Crippen molar-refractivity contribution in [3.63, 3.8) is 0 Å². The van der Waals surface area contributed by atoms with Gasteiger partial charge in [-0.1, -0.05) is 42.4 Å². The summed E-state index contributed by atoms with van der Waals surface area (Å²) in [4.78, 5) is 20.3. The van der Waals surface area contributed by atoms with Gasteiger partial charge in [0, 0.05) is 50.9 Å². The lowest BCUT2D eigenvalue weighted by atomic mass is 10.1. The van der Waals surface area contributed by atoms with Crippen LogP contribution in [0.2, 0.25) is 0 Å². The summed E-state index contributed by atoms with van der Waals surface area (Å²) in [5, 5.41) is 4.17. The normalized spacial score (nSPS) is 21.7. The Morgan fingerprint density at radius 2 is 1.89 bits per heavy atom. The van der Waals surface area contributed by atoms with Crippen molar-refractivity contribution in [1.29, 1.82) is 0 Å². The van der Waals surface area contributed by atoms with Crippen molar-refractivity contribution in [2.75, 3.05) is 45.8 Å². The Kier molecular flexibility index (Phi) is 5.27. The van der Waals surface area contributed by atoms with Gasteiger partial charge in [-0.05, 0) is 19.9 Å². The van der Waals surface area contributed by atoms with Gasteiger partial charge in [0.15, 0.2) is 0 Å². The Morgan fingerprint density at radius 1 is 1.15 bits per heavy atom. The average molecular weight is 368 g/mol. The van der Waals surface area contributed by atoms with Gasteiger partial charge in [-0.3, -0.25) is 9.69 Å². The fourth-order valence-electron chi connectivity index (χ4n) is 4.24. The summed E-state index contributed by atoms with van der Waals surface area (Å²) in [6, 6.07) is 10.3. The highest BCUT2D eigenvalue weighted by Gasteiger charge is 2.34. The zero-order valence-corrected chi connectivity index (χ0v) is 16.2. The number of rotatable bonds is 4. The quantitative estimate of drug-likeness (QED) is 0.830. The van der Waals surface area contributed by atoms with E-state index in [-0.39, 0.29) is 5.91 Å². The predicted molar refractivity (Wildman–Crippen MR) is 105 cm³/mol. The first-order valence-electron chi connectivity index (χ1n) is 9.94. The Balaban J connectivity index is 1.46. The SMILES string of the molecule is CCN1CCN(C2CCN(C(=O)c3c(-c4ccccc4)noc3C)C2)CC1. The number of likely N-dealkylation sites (N-methyl/N-ethyl adjacent to an activating group) is 1. The summed E-state index contributed by atoms with van der Waals surface area (Å²) < 4.78 is 5.38.